The van der Waals surface area contributed by atoms with E-state index in [0.29, 0.717) is 26.0 Å². The Morgan fingerprint density at radius 1 is 1.05 bits per heavy atom. The first-order valence-electron chi connectivity index (χ1n) is 14.9. The first-order valence-corrected chi connectivity index (χ1v) is 14.9. The van der Waals surface area contributed by atoms with E-state index in [1.807, 2.05) is 41.8 Å². The van der Waals surface area contributed by atoms with Crippen molar-refractivity contribution in [1.29, 1.82) is 0 Å². The van der Waals surface area contributed by atoms with Crippen LogP contribution in [0.2, 0.25) is 0 Å². The van der Waals surface area contributed by atoms with Crippen molar-refractivity contribution in [3.63, 3.8) is 0 Å². The van der Waals surface area contributed by atoms with E-state index in [4.69, 9.17) is 14.5 Å². The van der Waals surface area contributed by atoms with Gasteiger partial charge < -0.3 is 14.8 Å². The normalized spacial score (nSPS) is 18.3. The van der Waals surface area contributed by atoms with Crippen LogP contribution in [-0.2, 0) is 24.3 Å². The molecular formula is C32H38F2N4O4. The van der Waals surface area contributed by atoms with E-state index in [9.17, 15) is 18.4 Å². The number of rotatable bonds is 10. The second kappa shape index (κ2) is 13.9. The first-order chi connectivity index (χ1) is 20.4. The van der Waals surface area contributed by atoms with Gasteiger partial charge in [-0.15, -0.1) is 0 Å². The van der Waals surface area contributed by atoms with Gasteiger partial charge in [0, 0.05) is 25.1 Å². The number of aromatic nitrogens is 2. The molecule has 2 aliphatic rings. The summed E-state index contributed by atoms with van der Waals surface area (Å²) in [5.41, 5.74) is 1.06. The van der Waals surface area contributed by atoms with E-state index in [0.717, 1.165) is 68.5 Å². The second-order valence-corrected chi connectivity index (χ2v) is 11.0. The largest absolute Gasteiger partial charge is 0.414 e. The fraction of sp³-hybridized carbons (Fsp3) is 0.469. The zero-order valence-electron chi connectivity index (χ0n) is 24.0. The molecule has 2 unspecified atom stereocenters. The Hall–Kier alpha value is -3.79. The van der Waals surface area contributed by atoms with Crippen LogP contribution in [0.5, 0.6) is 5.88 Å². The molecule has 1 N–H and O–H groups in total. The van der Waals surface area contributed by atoms with Crippen LogP contribution in [0.1, 0.15) is 80.0 Å². The molecule has 2 heterocycles. The number of hydrogen-bond donors (Lipinski definition) is 1. The lowest BCUT2D eigenvalue weighted by molar-refractivity contribution is -0.00415. The molecule has 5 rings (SSSR count). The number of aryl methyl sites for hydroxylation is 1. The van der Waals surface area contributed by atoms with E-state index in [2.05, 4.69) is 5.32 Å². The average Bonchev–Trinajstić information content (AvgIpc) is 3.36. The van der Waals surface area contributed by atoms with Crippen LogP contribution in [0.25, 0.3) is 0 Å². The average molecular weight is 581 g/mol. The molecule has 0 radical (unpaired) electrons. The van der Waals surface area contributed by atoms with Gasteiger partial charge in [0.1, 0.15) is 5.82 Å². The highest BCUT2D eigenvalue weighted by molar-refractivity contribution is 6.06. The Morgan fingerprint density at radius 3 is 2.64 bits per heavy atom. The van der Waals surface area contributed by atoms with Crippen LogP contribution in [0, 0.1) is 11.6 Å². The molecule has 1 aliphatic heterocycles. The maximum Gasteiger partial charge on any atom is 0.414 e. The summed E-state index contributed by atoms with van der Waals surface area (Å²) in [4.78, 5) is 33.2. The van der Waals surface area contributed by atoms with Crippen LogP contribution >= 0.6 is 0 Å². The Morgan fingerprint density at radius 2 is 1.86 bits per heavy atom. The van der Waals surface area contributed by atoms with Crippen molar-refractivity contribution in [2.45, 2.75) is 90.0 Å². The SMILES string of the molecule is CCCCN(C(=O)c1ccc(F)c(F)c1)c1nc2n(c1OC(=O)NC1CCCCC1OCc1ccccc1)CCCC2. The van der Waals surface area contributed by atoms with Gasteiger partial charge in [0.15, 0.2) is 17.5 Å². The maximum atomic E-state index is 14.0. The van der Waals surface area contributed by atoms with Gasteiger partial charge in [-0.25, -0.2) is 18.6 Å². The fourth-order valence-corrected chi connectivity index (χ4v) is 5.63. The number of fused-ring (bicyclic) bond motifs is 1. The van der Waals surface area contributed by atoms with Crippen LogP contribution in [0.4, 0.5) is 19.4 Å². The molecule has 10 heteroatoms. The van der Waals surface area contributed by atoms with Crippen molar-refractivity contribution in [3.05, 3.63) is 77.1 Å². The number of carbonyl (C=O) groups is 2. The molecular weight excluding hydrogens is 542 g/mol. The molecule has 0 bridgehead atoms. The lowest BCUT2D eigenvalue weighted by Crippen LogP contribution is -2.47. The number of nitrogens with one attached hydrogen (secondary N) is 1. The minimum Gasteiger partial charge on any atom is -0.389 e. The Bertz CT molecular complexity index is 1380. The van der Waals surface area contributed by atoms with Crippen molar-refractivity contribution in [3.8, 4) is 5.88 Å². The molecule has 0 spiro atoms. The Labute approximate surface area is 245 Å². The molecule has 1 aromatic heterocycles. The molecule has 1 saturated carbocycles. The monoisotopic (exact) mass is 580 g/mol. The molecule has 2 aromatic carbocycles. The zero-order valence-corrected chi connectivity index (χ0v) is 24.0. The van der Waals surface area contributed by atoms with Gasteiger partial charge in [0.05, 0.1) is 18.8 Å². The van der Waals surface area contributed by atoms with Gasteiger partial charge in [-0.3, -0.25) is 14.3 Å². The predicted octanol–water partition coefficient (Wildman–Crippen LogP) is 6.56. The number of imidazole rings is 1. The number of carbonyl (C=O) groups excluding carboxylic acids is 2. The summed E-state index contributed by atoms with van der Waals surface area (Å²) < 4.78 is 41.7. The number of unbranched alkanes of at least 4 members (excludes halogenated alkanes) is 1. The quantitative estimate of drug-likeness (QED) is 0.294. The van der Waals surface area contributed by atoms with Crippen molar-refractivity contribution >= 4 is 17.8 Å². The van der Waals surface area contributed by atoms with Crippen LogP contribution < -0.4 is 15.0 Å². The summed E-state index contributed by atoms with van der Waals surface area (Å²) in [5.74, 6) is -1.55. The lowest BCUT2D eigenvalue weighted by atomic mass is 9.92. The van der Waals surface area contributed by atoms with E-state index < -0.39 is 23.6 Å². The van der Waals surface area contributed by atoms with Gasteiger partial charge in [0.2, 0.25) is 5.88 Å². The van der Waals surface area contributed by atoms with Crippen molar-refractivity contribution in [2.24, 2.45) is 0 Å². The van der Waals surface area contributed by atoms with E-state index >= 15 is 0 Å². The highest BCUT2D eigenvalue weighted by Crippen LogP contribution is 2.34. The minimum absolute atomic E-state index is 0.00742. The number of nitrogens with zero attached hydrogens (tertiary/aromatic N) is 3. The number of anilines is 1. The third-order valence-electron chi connectivity index (χ3n) is 7.92. The molecule has 3 aromatic rings. The van der Waals surface area contributed by atoms with Gasteiger partial charge in [0.25, 0.3) is 5.91 Å². The molecule has 42 heavy (non-hydrogen) atoms. The molecule has 1 aliphatic carbocycles. The summed E-state index contributed by atoms with van der Waals surface area (Å²) in [6.45, 7) is 3.32. The number of hydrogen-bond acceptors (Lipinski definition) is 5. The third kappa shape index (κ3) is 6.98. The molecule has 224 valence electrons. The van der Waals surface area contributed by atoms with Gasteiger partial charge >= 0.3 is 6.09 Å². The number of halogens is 2. The summed E-state index contributed by atoms with van der Waals surface area (Å²) in [7, 11) is 0. The van der Waals surface area contributed by atoms with Gasteiger partial charge in [-0.2, -0.15) is 0 Å². The second-order valence-electron chi connectivity index (χ2n) is 11.0. The predicted molar refractivity (Wildman–Crippen MR) is 155 cm³/mol. The van der Waals surface area contributed by atoms with E-state index in [-0.39, 0.29) is 36.0 Å². The Kier molecular flexibility index (Phi) is 9.84. The van der Waals surface area contributed by atoms with Crippen LogP contribution in [0.3, 0.4) is 0 Å². The van der Waals surface area contributed by atoms with Crippen LogP contribution in [-0.4, -0.2) is 40.2 Å². The Balaban J connectivity index is 1.37. The third-order valence-corrected chi connectivity index (χ3v) is 7.92. The van der Waals surface area contributed by atoms with Crippen LogP contribution in [0.15, 0.2) is 48.5 Å². The van der Waals surface area contributed by atoms with E-state index in [1.54, 1.807) is 0 Å². The standard InChI is InChI=1S/C32H38F2N4O4/c1-2-3-18-38(30(39)23-16-17-24(33)25(34)20-23)29-31(37-19-10-9-15-28(37)36-29)42-32(40)35-26-13-7-8-14-27(26)41-21-22-11-5-4-6-12-22/h4-6,11-12,16-17,20,26-27H,2-3,7-10,13-15,18-19,21H2,1H3,(H,35,40). The molecule has 2 amide bonds. The lowest BCUT2D eigenvalue weighted by Gasteiger charge is -2.32. The molecule has 8 nitrogen and oxygen atoms in total. The number of ether oxygens (including phenoxy) is 2. The first kappa shape index (κ1) is 29.7. The molecule has 1 fully saturated rings. The smallest absolute Gasteiger partial charge is 0.389 e. The number of amides is 2. The van der Waals surface area contributed by atoms with Crippen molar-refractivity contribution in [1.82, 2.24) is 14.9 Å². The van der Waals surface area contributed by atoms with Gasteiger partial charge in [-0.05, 0) is 55.9 Å². The highest BCUT2D eigenvalue weighted by atomic mass is 19.2. The van der Waals surface area contributed by atoms with Gasteiger partial charge in [-0.1, -0.05) is 56.5 Å². The molecule has 0 saturated heterocycles. The highest BCUT2D eigenvalue weighted by Gasteiger charge is 2.33. The maximum absolute atomic E-state index is 14.0. The minimum atomic E-state index is -1.10. The number of benzene rings is 2. The zero-order chi connectivity index (χ0) is 29.5. The summed E-state index contributed by atoms with van der Waals surface area (Å²) >= 11 is 0. The summed E-state index contributed by atoms with van der Waals surface area (Å²) in [6, 6.07) is 12.8. The van der Waals surface area contributed by atoms with Crippen molar-refractivity contribution in [2.75, 3.05) is 11.4 Å². The molecule has 2 atom stereocenters. The fourth-order valence-electron chi connectivity index (χ4n) is 5.63. The summed E-state index contributed by atoms with van der Waals surface area (Å²) in [6.07, 6.45) is 6.72. The van der Waals surface area contributed by atoms with Crippen molar-refractivity contribution < 1.29 is 27.8 Å². The van der Waals surface area contributed by atoms with E-state index in [1.165, 1.54) is 11.0 Å². The summed E-state index contributed by atoms with van der Waals surface area (Å²) in [5, 5.41) is 3.01. The topological polar surface area (TPSA) is 85.7 Å².